The zero-order valence-corrected chi connectivity index (χ0v) is 15.0. The third kappa shape index (κ3) is 4.68. The quantitative estimate of drug-likeness (QED) is 0.799. The predicted molar refractivity (Wildman–Crippen MR) is 92.8 cm³/mol. The van der Waals surface area contributed by atoms with E-state index in [0.29, 0.717) is 5.75 Å². The first-order chi connectivity index (χ1) is 11.7. The Labute approximate surface area is 150 Å². The topological polar surface area (TPSA) is 84.5 Å². The summed E-state index contributed by atoms with van der Waals surface area (Å²) >= 11 is 5.92. The summed E-state index contributed by atoms with van der Waals surface area (Å²) in [5.74, 6) is -0.993. The molecular formula is C16H16ClFN2O4S. The van der Waals surface area contributed by atoms with E-state index in [0.717, 1.165) is 0 Å². The Balaban J connectivity index is 2.12. The van der Waals surface area contributed by atoms with Crippen molar-refractivity contribution in [1.29, 1.82) is 0 Å². The summed E-state index contributed by atoms with van der Waals surface area (Å²) < 4.78 is 45.4. The lowest BCUT2D eigenvalue weighted by Gasteiger charge is -2.15. The molecule has 0 bridgehead atoms. The number of methoxy groups -OCH3 is 1. The summed E-state index contributed by atoms with van der Waals surface area (Å²) in [5.41, 5.74) is -0.0361. The lowest BCUT2D eigenvalue weighted by Crippen LogP contribution is -2.41. The Bertz CT molecular complexity index is 889. The van der Waals surface area contributed by atoms with Crippen molar-refractivity contribution in [3.63, 3.8) is 0 Å². The normalized spacial score (nSPS) is 12.5. The van der Waals surface area contributed by atoms with Crippen LogP contribution in [0.15, 0.2) is 47.4 Å². The Morgan fingerprint density at radius 1 is 1.24 bits per heavy atom. The molecule has 1 atom stereocenters. The molecule has 2 rings (SSSR count). The molecule has 0 saturated carbocycles. The number of carbonyl (C=O) groups excluding carboxylic acids is 1. The maximum absolute atomic E-state index is 13.6. The predicted octanol–water partition coefficient (Wildman–Crippen LogP) is 2.79. The van der Waals surface area contributed by atoms with Gasteiger partial charge in [0.1, 0.15) is 11.6 Å². The van der Waals surface area contributed by atoms with Crippen LogP contribution in [0.2, 0.25) is 5.02 Å². The van der Waals surface area contributed by atoms with Gasteiger partial charge in [-0.2, -0.15) is 4.72 Å². The number of benzene rings is 2. The van der Waals surface area contributed by atoms with Crippen molar-refractivity contribution in [2.24, 2.45) is 0 Å². The average Bonchev–Trinajstić information content (AvgIpc) is 2.56. The maximum atomic E-state index is 13.6. The van der Waals surface area contributed by atoms with Crippen LogP contribution < -0.4 is 14.8 Å². The number of amides is 1. The highest BCUT2D eigenvalue weighted by Crippen LogP contribution is 2.27. The number of halogens is 2. The van der Waals surface area contributed by atoms with Gasteiger partial charge in [-0.15, -0.1) is 0 Å². The van der Waals surface area contributed by atoms with Crippen LogP contribution >= 0.6 is 11.6 Å². The molecule has 0 unspecified atom stereocenters. The van der Waals surface area contributed by atoms with Gasteiger partial charge < -0.3 is 10.1 Å². The molecule has 0 aliphatic heterocycles. The lowest BCUT2D eigenvalue weighted by molar-refractivity contribution is -0.117. The molecule has 0 fully saturated rings. The van der Waals surface area contributed by atoms with E-state index in [2.05, 4.69) is 10.0 Å². The number of hydrogen-bond donors (Lipinski definition) is 2. The van der Waals surface area contributed by atoms with Gasteiger partial charge in [0.25, 0.3) is 0 Å². The standard InChI is InChI=1S/C16H16ClFN2O4S/c1-10(16(21)19-14-6-4-3-5-13(14)18)20-25(22,23)11-7-8-15(24-2)12(17)9-11/h3-10,20H,1-2H3,(H,19,21)/t10-/m1/s1. The Kier molecular flexibility index (Phi) is 5.99. The van der Waals surface area contributed by atoms with Gasteiger partial charge in [0.05, 0.1) is 28.8 Å². The molecule has 0 aromatic heterocycles. The maximum Gasteiger partial charge on any atom is 0.242 e. The average molecular weight is 387 g/mol. The van der Waals surface area contributed by atoms with Crippen molar-refractivity contribution in [3.05, 3.63) is 53.3 Å². The van der Waals surface area contributed by atoms with Crippen LogP contribution in [0.5, 0.6) is 5.75 Å². The monoisotopic (exact) mass is 386 g/mol. The second kappa shape index (κ2) is 7.81. The van der Waals surface area contributed by atoms with Crippen molar-refractivity contribution < 1.29 is 22.3 Å². The van der Waals surface area contributed by atoms with Crippen molar-refractivity contribution >= 4 is 33.2 Å². The fourth-order valence-corrected chi connectivity index (χ4v) is 3.52. The van der Waals surface area contributed by atoms with Crippen molar-refractivity contribution in [1.82, 2.24) is 4.72 Å². The summed E-state index contributed by atoms with van der Waals surface area (Å²) in [6.07, 6.45) is 0. The van der Waals surface area contributed by atoms with Gasteiger partial charge in [-0.25, -0.2) is 12.8 Å². The molecule has 1 amide bonds. The number of sulfonamides is 1. The number of anilines is 1. The summed E-state index contributed by atoms with van der Waals surface area (Å²) in [6, 6.07) is 8.36. The van der Waals surface area contributed by atoms with E-state index in [9.17, 15) is 17.6 Å². The van der Waals surface area contributed by atoms with Gasteiger partial charge >= 0.3 is 0 Å². The fraction of sp³-hybridized carbons (Fsp3) is 0.188. The van der Waals surface area contributed by atoms with E-state index < -0.39 is 27.8 Å². The van der Waals surface area contributed by atoms with E-state index >= 15 is 0 Å². The molecule has 25 heavy (non-hydrogen) atoms. The number of carbonyl (C=O) groups is 1. The molecular weight excluding hydrogens is 371 g/mol. The SMILES string of the molecule is COc1ccc(S(=O)(=O)N[C@H](C)C(=O)Nc2ccccc2F)cc1Cl. The molecule has 2 N–H and O–H groups in total. The number of rotatable bonds is 6. The molecule has 0 aliphatic carbocycles. The highest BCUT2D eigenvalue weighted by molar-refractivity contribution is 7.89. The largest absolute Gasteiger partial charge is 0.495 e. The van der Waals surface area contributed by atoms with Crippen LogP contribution in [-0.2, 0) is 14.8 Å². The third-order valence-corrected chi connectivity index (χ3v) is 5.12. The highest BCUT2D eigenvalue weighted by Gasteiger charge is 2.23. The molecule has 0 spiro atoms. The molecule has 0 heterocycles. The number of hydrogen-bond acceptors (Lipinski definition) is 4. The van der Waals surface area contributed by atoms with Gasteiger partial charge in [-0.3, -0.25) is 4.79 Å². The molecule has 134 valence electrons. The molecule has 0 saturated heterocycles. The van der Waals surface area contributed by atoms with Crippen molar-refractivity contribution in [3.8, 4) is 5.75 Å². The van der Waals surface area contributed by atoms with E-state index in [-0.39, 0.29) is 15.6 Å². The fourth-order valence-electron chi connectivity index (χ4n) is 1.97. The lowest BCUT2D eigenvalue weighted by atomic mass is 10.2. The number of ether oxygens (including phenoxy) is 1. The molecule has 0 radical (unpaired) electrons. The Morgan fingerprint density at radius 3 is 2.52 bits per heavy atom. The van der Waals surface area contributed by atoms with E-state index in [1.54, 1.807) is 6.07 Å². The summed E-state index contributed by atoms with van der Waals surface area (Å²) in [5, 5.41) is 2.45. The van der Waals surface area contributed by atoms with Crippen LogP contribution in [0.1, 0.15) is 6.92 Å². The van der Waals surface area contributed by atoms with Crippen molar-refractivity contribution in [2.45, 2.75) is 17.9 Å². The van der Waals surface area contributed by atoms with Gasteiger partial charge in [-0.05, 0) is 37.3 Å². The van der Waals surface area contributed by atoms with Gasteiger partial charge in [0.15, 0.2) is 0 Å². The zero-order chi connectivity index (χ0) is 18.6. The summed E-state index contributed by atoms with van der Waals surface area (Å²) in [7, 11) is -2.59. The van der Waals surface area contributed by atoms with E-state index in [1.807, 2.05) is 0 Å². The highest BCUT2D eigenvalue weighted by atomic mass is 35.5. The minimum atomic E-state index is -4.00. The van der Waals surface area contributed by atoms with Gasteiger partial charge in [0, 0.05) is 0 Å². The first-order valence-electron chi connectivity index (χ1n) is 7.16. The Hall–Kier alpha value is -2.16. The third-order valence-electron chi connectivity index (χ3n) is 3.29. The van der Waals surface area contributed by atoms with E-state index in [1.165, 1.54) is 50.4 Å². The van der Waals surface area contributed by atoms with Gasteiger partial charge in [0.2, 0.25) is 15.9 Å². The molecule has 0 aliphatic rings. The van der Waals surface area contributed by atoms with Crippen LogP contribution in [-0.4, -0.2) is 27.5 Å². The molecule has 2 aromatic carbocycles. The number of para-hydroxylation sites is 1. The molecule has 9 heteroatoms. The number of nitrogens with one attached hydrogen (secondary N) is 2. The minimum Gasteiger partial charge on any atom is -0.495 e. The van der Waals surface area contributed by atoms with Crippen molar-refractivity contribution in [2.75, 3.05) is 12.4 Å². The summed E-state index contributed by atoms with van der Waals surface area (Å²) in [6.45, 7) is 1.35. The minimum absolute atomic E-state index is 0.0361. The molecule has 6 nitrogen and oxygen atoms in total. The first-order valence-corrected chi connectivity index (χ1v) is 9.02. The van der Waals surface area contributed by atoms with Crippen LogP contribution in [0, 0.1) is 5.82 Å². The second-order valence-corrected chi connectivity index (χ2v) is 7.23. The molecule has 2 aromatic rings. The van der Waals surface area contributed by atoms with Crippen LogP contribution in [0.3, 0.4) is 0 Å². The Morgan fingerprint density at radius 2 is 1.92 bits per heavy atom. The zero-order valence-electron chi connectivity index (χ0n) is 13.4. The summed E-state index contributed by atoms with van der Waals surface area (Å²) in [4.78, 5) is 12.0. The van der Waals surface area contributed by atoms with Crippen LogP contribution in [0.4, 0.5) is 10.1 Å². The first kappa shape index (κ1) is 19.2. The second-order valence-electron chi connectivity index (χ2n) is 5.11. The van der Waals surface area contributed by atoms with Gasteiger partial charge in [-0.1, -0.05) is 23.7 Å². The van der Waals surface area contributed by atoms with E-state index in [4.69, 9.17) is 16.3 Å². The van der Waals surface area contributed by atoms with Crippen LogP contribution in [0.25, 0.3) is 0 Å². The smallest absolute Gasteiger partial charge is 0.242 e.